The molecule has 0 fully saturated rings. The molecule has 0 heterocycles. The number of sulfonamides is 1. The largest absolute Gasteiger partial charge is 0.354 e. The molecule has 0 aromatic heterocycles. The van der Waals surface area contributed by atoms with Crippen molar-refractivity contribution in [3.05, 3.63) is 28.8 Å². The van der Waals surface area contributed by atoms with Crippen LogP contribution in [0.1, 0.15) is 31.7 Å². The average molecular weight is 347 g/mol. The van der Waals surface area contributed by atoms with Gasteiger partial charge in [0.15, 0.2) is 0 Å². The van der Waals surface area contributed by atoms with Gasteiger partial charge in [0.1, 0.15) is 0 Å². The molecular weight excluding hydrogens is 324 g/mol. The molecule has 0 bridgehead atoms. The lowest BCUT2D eigenvalue weighted by Gasteiger charge is -2.24. The van der Waals surface area contributed by atoms with E-state index in [0.717, 1.165) is 24.7 Å². The lowest BCUT2D eigenvalue weighted by molar-refractivity contribution is -0.121. The maximum atomic E-state index is 12.0. The number of benzene rings is 1. The SMILES string of the molecule is CCCCC(=O)NCCN(c1ccc(Cl)cc1C)S(C)(=O)=O. The third-order valence-electron chi connectivity index (χ3n) is 3.22. The number of carbonyl (C=O) groups is 1. The van der Waals surface area contributed by atoms with Gasteiger partial charge in [0.05, 0.1) is 18.5 Å². The van der Waals surface area contributed by atoms with Crippen LogP contribution in [0.2, 0.25) is 5.02 Å². The van der Waals surface area contributed by atoms with Gasteiger partial charge in [0, 0.05) is 18.0 Å². The van der Waals surface area contributed by atoms with E-state index in [0.29, 0.717) is 17.1 Å². The fourth-order valence-electron chi connectivity index (χ4n) is 2.09. The Labute approximate surface area is 137 Å². The molecule has 1 N–H and O–H groups in total. The number of hydrogen-bond donors (Lipinski definition) is 1. The van der Waals surface area contributed by atoms with Crippen LogP contribution in [0.3, 0.4) is 0 Å². The predicted molar refractivity (Wildman–Crippen MR) is 90.9 cm³/mol. The van der Waals surface area contributed by atoms with Gasteiger partial charge in [-0.15, -0.1) is 0 Å². The zero-order valence-electron chi connectivity index (χ0n) is 13.2. The molecule has 0 radical (unpaired) electrons. The minimum atomic E-state index is -3.43. The summed E-state index contributed by atoms with van der Waals surface area (Å²) in [6.45, 7) is 4.29. The fraction of sp³-hybridized carbons (Fsp3) is 0.533. The summed E-state index contributed by atoms with van der Waals surface area (Å²) < 4.78 is 25.3. The van der Waals surface area contributed by atoms with Crippen molar-refractivity contribution < 1.29 is 13.2 Å². The Hall–Kier alpha value is -1.27. The monoisotopic (exact) mass is 346 g/mol. The lowest BCUT2D eigenvalue weighted by Crippen LogP contribution is -2.38. The number of nitrogens with zero attached hydrogens (tertiary/aromatic N) is 1. The van der Waals surface area contributed by atoms with Gasteiger partial charge in [-0.1, -0.05) is 24.9 Å². The van der Waals surface area contributed by atoms with Gasteiger partial charge in [0.25, 0.3) is 0 Å². The second-order valence-electron chi connectivity index (χ2n) is 5.22. The topological polar surface area (TPSA) is 66.5 Å². The van der Waals surface area contributed by atoms with Crippen LogP contribution in [0.5, 0.6) is 0 Å². The smallest absolute Gasteiger partial charge is 0.232 e. The van der Waals surface area contributed by atoms with Crippen LogP contribution in [0.25, 0.3) is 0 Å². The number of anilines is 1. The predicted octanol–water partition coefficient (Wildman–Crippen LogP) is 2.72. The molecular formula is C15H23ClN2O3S. The van der Waals surface area contributed by atoms with Crippen molar-refractivity contribution >= 4 is 33.2 Å². The minimum absolute atomic E-state index is 0.0527. The van der Waals surface area contributed by atoms with Crippen molar-refractivity contribution in [2.75, 3.05) is 23.7 Å². The molecule has 0 aliphatic heterocycles. The molecule has 0 unspecified atom stereocenters. The Morgan fingerprint density at radius 3 is 2.59 bits per heavy atom. The molecule has 1 aromatic rings. The fourth-order valence-corrected chi connectivity index (χ4v) is 3.30. The first kappa shape index (κ1) is 18.8. The molecule has 0 saturated heterocycles. The summed E-state index contributed by atoms with van der Waals surface area (Å²) in [4.78, 5) is 11.6. The summed E-state index contributed by atoms with van der Waals surface area (Å²) in [5.74, 6) is -0.0527. The first-order valence-electron chi connectivity index (χ1n) is 7.26. The summed E-state index contributed by atoms with van der Waals surface area (Å²) in [5.41, 5.74) is 1.35. The molecule has 1 amide bonds. The summed E-state index contributed by atoms with van der Waals surface area (Å²) in [6, 6.07) is 5.05. The lowest BCUT2D eigenvalue weighted by atomic mass is 10.2. The Balaban J connectivity index is 2.77. The summed E-state index contributed by atoms with van der Waals surface area (Å²) >= 11 is 5.91. The zero-order chi connectivity index (χ0) is 16.8. The number of aryl methyl sites for hydroxylation is 1. The Kier molecular flexibility index (Phi) is 7.16. The van der Waals surface area contributed by atoms with E-state index in [-0.39, 0.29) is 19.0 Å². The van der Waals surface area contributed by atoms with E-state index in [9.17, 15) is 13.2 Å². The summed E-state index contributed by atoms with van der Waals surface area (Å²) in [7, 11) is -3.43. The van der Waals surface area contributed by atoms with E-state index in [1.807, 2.05) is 6.92 Å². The van der Waals surface area contributed by atoms with Crippen molar-refractivity contribution in [1.29, 1.82) is 0 Å². The molecule has 124 valence electrons. The van der Waals surface area contributed by atoms with Crippen molar-refractivity contribution in [2.45, 2.75) is 33.1 Å². The van der Waals surface area contributed by atoms with E-state index in [4.69, 9.17) is 11.6 Å². The average Bonchev–Trinajstić information content (AvgIpc) is 2.41. The number of amides is 1. The third kappa shape index (κ3) is 5.85. The number of rotatable bonds is 8. The molecule has 0 atom stereocenters. The highest BCUT2D eigenvalue weighted by Gasteiger charge is 2.19. The summed E-state index contributed by atoms with van der Waals surface area (Å²) in [5, 5.41) is 3.31. The molecule has 22 heavy (non-hydrogen) atoms. The molecule has 0 aliphatic rings. The van der Waals surface area contributed by atoms with Crippen LogP contribution in [-0.4, -0.2) is 33.7 Å². The normalized spacial score (nSPS) is 11.3. The molecule has 1 aromatic carbocycles. The molecule has 7 heteroatoms. The van der Waals surface area contributed by atoms with Crippen LogP contribution in [0, 0.1) is 6.92 Å². The van der Waals surface area contributed by atoms with Gasteiger partial charge < -0.3 is 5.32 Å². The van der Waals surface area contributed by atoms with E-state index < -0.39 is 10.0 Å². The van der Waals surface area contributed by atoms with Gasteiger partial charge in [0.2, 0.25) is 15.9 Å². The van der Waals surface area contributed by atoms with Crippen LogP contribution in [0.4, 0.5) is 5.69 Å². The minimum Gasteiger partial charge on any atom is -0.354 e. The van der Waals surface area contributed by atoms with Crippen molar-refractivity contribution in [3.63, 3.8) is 0 Å². The van der Waals surface area contributed by atoms with E-state index >= 15 is 0 Å². The van der Waals surface area contributed by atoms with Gasteiger partial charge >= 0.3 is 0 Å². The Morgan fingerprint density at radius 2 is 2.05 bits per heavy atom. The maximum absolute atomic E-state index is 12.0. The van der Waals surface area contributed by atoms with Gasteiger partial charge in [-0.25, -0.2) is 8.42 Å². The van der Waals surface area contributed by atoms with Crippen molar-refractivity contribution in [1.82, 2.24) is 5.32 Å². The highest BCUT2D eigenvalue weighted by molar-refractivity contribution is 7.92. The molecule has 0 saturated carbocycles. The molecule has 5 nitrogen and oxygen atoms in total. The number of carbonyl (C=O) groups excluding carboxylic acids is 1. The molecule has 1 rings (SSSR count). The highest BCUT2D eigenvalue weighted by atomic mass is 35.5. The first-order chi connectivity index (χ1) is 10.3. The molecule has 0 aliphatic carbocycles. The first-order valence-corrected chi connectivity index (χ1v) is 9.49. The van der Waals surface area contributed by atoms with Crippen LogP contribution in [0.15, 0.2) is 18.2 Å². The van der Waals surface area contributed by atoms with E-state index in [1.165, 1.54) is 4.31 Å². The number of hydrogen-bond acceptors (Lipinski definition) is 3. The standard InChI is InChI=1S/C15H23ClN2O3S/c1-4-5-6-15(19)17-9-10-18(22(3,20)21)14-8-7-13(16)11-12(14)2/h7-8,11H,4-6,9-10H2,1-3H3,(H,17,19). The third-order valence-corrected chi connectivity index (χ3v) is 4.64. The van der Waals surface area contributed by atoms with E-state index in [1.54, 1.807) is 25.1 Å². The highest BCUT2D eigenvalue weighted by Crippen LogP contribution is 2.25. The summed E-state index contributed by atoms with van der Waals surface area (Å²) in [6.07, 6.45) is 3.40. The second-order valence-corrected chi connectivity index (χ2v) is 7.56. The zero-order valence-corrected chi connectivity index (χ0v) is 14.8. The Morgan fingerprint density at radius 1 is 1.36 bits per heavy atom. The second kappa shape index (κ2) is 8.39. The van der Waals surface area contributed by atoms with Crippen LogP contribution >= 0.6 is 11.6 Å². The number of nitrogens with one attached hydrogen (secondary N) is 1. The van der Waals surface area contributed by atoms with Crippen molar-refractivity contribution in [3.8, 4) is 0 Å². The number of unbranched alkanes of at least 4 members (excludes halogenated alkanes) is 1. The maximum Gasteiger partial charge on any atom is 0.232 e. The van der Waals surface area contributed by atoms with Crippen molar-refractivity contribution in [2.24, 2.45) is 0 Å². The Bertz CT molecular complexity index is 617. The van der Waals surface area contributed by atoms with Gasteiger partial charge in [-0.2, -0.15) is 0 Å². The van der Waals surface area contributed by atoms with Crippen LogP contribution in [-0.2, 0) is 14.8 Å². The van der Waals surface area contributed by atoms with Gasteiger partial charge in [-0.05, 0) is 37.1 Å². The van der Waals surface area contributed by atoms with Gasteiger partial charge in [-0.3, -0.25) is 9.10 Å². The quantitative estimate of drug-likeness (QED) is 0.787. The van der Waals surface area contributed by atoms with E-state index in [2.05, 4.69) is 5.32 Å². The van der Waals surface area contributed by atoms with Crippen LogP contribution < -0.4 is 9.62 Å². The molecule has 0 spiro atoms. The number of halogens is 1.